The molecule has 5 aromatic rings. The summed E-state index contributed by atoms with van der Waals surface area (Å²) in [5.41, 5.74) is 1.93. The zero-order valence-corrected chi connectivity index (χ0v) is 23.9. The number of rotatable bonds is 8. The van der Waals surface area contributed by atoms with Crippen molar-refractivity contribution < 1.29 is 28.2 Å². The molecule has 0 amide bonds. The zero-order chi connectivity index (χ0) is 31.0. The van der Waals surface area contributed by atoms with E-state index >= 15 is 8.78 Å². The number of aromatic carboxylic acids is 1. The molecule has 0 aliphatic carbocycles. The van der Waals surface area contributed by atoms with E-state index in [2.05, 4.69) is 21.0 Å². The summed E-state index contributed by atoms with van der Waals surface area (Å²) in [4.78, 5) is 25.0. The van der Waals surface area contributed by atoms with Gasteiger partial charge in [-0.25, -0.2) is 28.5 Å². The van der Waals surface area contributed by atoms with Gasteiger partial charge in [-0.1, -0.05) is 32.0 Å². The summed E-state index contributed by atoms with van der Waals surface area (Å²) in [7, 11) is 0. The minimum absolute atomic E-state index is 0.0262. The molecule has 11 heteroatoms. The molecule has 222 valence electrons. The van der Waals surface area contributed by atoms with E-state index in [-0.39, 0.29) is 52.9 Å². The molecule has 1 N–H and O–H groups in total. The van der Waals surface area contributed by atoms with Crippen molar-refractivity contribution in [3.63, 3.8) is 0 Å². The van der Waals surface area contributed by atoms with Gasteiger partial charge in [0.25, 0.3) is 0 Å². The molecule has 0 radical (unpaired) electrons. The smallest absolute Gasteiger partial charge is 0.354 e. The molecule has 1 saturated heterocycles. The summed E-state index contributed by atoms with van der Waals surface area (Å²) in [6, 6.07) is 18.7. The van der Waals surface area contributed by atoms with Crippen LogP contribution in [-0.2, 0) is 17.8 Å². The van der Waals surface area contributed by atoms with Crippen LogP contribution in [0.5, 0.6) is 5.88 Å². The van der Waals surface area contributed by atoms with Crippen molar-refractivity contribution in [2.75, 3.05) is 13.2 Å². The fourth-order valence-electron chi connectivity index (χ4n) is 5.34. The molecule has 0 saturated carbocycles. The Kier molecular flexibility index (Phi) is 7.53. The summed E-state index contributed by atoms with van der Waals surface area (Å²) in [6.45, 7) is 5.04. The van der Waals surface area contributed by atoms with Gasteiger partial charge in [-0.2, -0.15) is 5.26 Å². The van der Waals surface area contributed by atoms with Crippen LogP contribution in [0.25, 0.3) is 22.4 Å². The predicted molar refractivity (Wildman–Crippen MR) is 156 cm³/mol. The maximum Gasteiger partial charge on any atom is 0.354 e. The van der Waals surface area contributed by atoms with E-state index in [4.69, 9.17) is 14.7 Å². The summed E-state index contributed by atoms with van der Waals surface area (Å²) in [5.74, 6) is -1.84. The third-order valence-corrected chi connectivity index (χ3v) is 7.75. The summed E-state index contributed by atoms with van der Waals surface area (Å²) in [5, 5.41) is 18.5. The number of nitrogens with zero attached hydrogens (tertiary/aromatic N) is 5. The average Bonchev–Trinajstić information content (AvgIpc) is 3.55. The first-order chi connectivity index (χ1) is 21.1. The molecule has 1 aliphatic rings. The first-order valence-corrected chi connectivity index (χ1v) is 13.9. The number of aromatic nitrogens is 4. The zero-order valence-electron chi connectivity index (χ0n) is 23.9. The van der Waals surface area contributed by atoms with E-state index in [1.54, 1.807) is 53.1 Å². The van der Waals surface area contributed by atoms with E-state index in [0.29, 0.717) is 35.8 Å². The second-order valence-electron chi connectivity index (χ2n) is 11.3. The van der Waals surface area contributed by atoms with Crippen LogP contribution in [0.1, 0.15) is 52.9 Å². The number of imidazole rings is 1. The molecule has 0 bridgehead atoms. The number of carbonyl (C=O) groups is 1. The molecule has 1 atom stereocenters. The molecular formula is C33H27F2N5O4. The van der Waals surface area contributed by atoms with E-state index in [1.807, 2.05) is 13.8 Å². The normalized spacial score (nSPS) is 15.8. The van der Waals surface area contributed by atoms with Crippen molar-refractivity contribution in [2.24, 2.45) is 5.41 Å². The summed E-state index contributed by atoms with van der Waals surface area (Å²) >= 11 is 0. The Hall–Kier alpha value is -5.21. The highest BCUT2D eigenvalue weighted by Gasteiger charge is 2.39. The molecule has 1 aliphatic heterocycles. The fourth-order valence-corrected chi connectivity index (χ4v) is 5.34. The predicted octanol–water partition coefficient (Wildman–Crippen LogP) is 6.11. The Labute approximate surface area is 251 Å². The highest BCUT2D eigenvalue weighted by molar-refractivity contribution is 5.88. The topological polar surface area (TPSA) is 123 Å². The van der Waals surface area contributed by atoms with Gasteiger partial charge in [-0.05, 0) is 53.6 Å². The van der Waals surface area contributed by atoms with Gasteiger partial charge >= 0.3 is 5.97 Å². The maximum atomic E-state index is 15.6. The van der Waals surface area contributed by atoms with Gasteiger partial charge in [-0.15, -0.1) is 0 Å². The summed E-state index contributed by atoms with van der Waals surface area (Å²) < 4.78 is 44.5. The van der Waals surface area contributed by atoms with Crippen LogP contribution < -0.4 is 4.74 Å². The highest BCUT2D eigenvalue weighted by atomic mass is 19.1. The van der Waals surface area contributed by atoms with E-state index in [9.17, 15) is 9.90 Å². The molecule has 1 fully saturated rings. The molecule has 2 aromatic carbocycles. The third kappa shape index (κ3) is 5.59. The first-order valence-electron chi connectivity index (χ1n) is 13.9. The number of pyridine rings is 2. The molecule has 6 rings (SSSR count). The third-order valence-electron chi connectivity index (χ3n) is 7.75. The number of halogens is 2. The highest BCUT2D eigenvalue weighted by Crippen LogP contribution is 2.40. The van der Waals surface area contributed by atoms with Gasteiger partial charge in [0, 0.05) is 23.5 Å². The lowest BCUT2D eigenvalue weighted by Crippen LogP contribution is -2.27. The average molecular weight is 596 g/mol. The van der Waals surface area contributed by atoms with Crippen LogP contribution >= 0.6 is 0 Å². The Morgan fingerprint density at radius 1 is 1.09 bits per heavy atom. The Morgan fingerprint density at radius 2 is 1.89 bits per heavy atom. The maximum absolute atomic E-state index is 15.6. The quantitative estimate of drug-likeness (QED) is 0.228. The van der Waals surface area contributed by atoms with Crippen LogP contribution in [0.3, 0.4) is 0 Å². The van der Waals surface area contributed by atoms with Gasteiger partial charge < -0.3 is 19.1 Å². The van der Waals surface area contributed by atoms with E-state index in [0.717, 1.165) is 17.7 Å². The van der Waals surface area contributed by atoms with Crippen molar-refractivity contribution in [3.05, 3.63) is 107 Å². The molecular weight excluding hydrogens is 568 g/mol. The Bertz CT molecular complexity index is 1930. The van der Waals surface area contributed by atoms with Crippen molar-refractivity contribution in [3.8, 4) is 23.2 Å². The number of carboxylic acid groups (broad SMARTS) is 1. The number of carboxylic acids is 1. The number of hydrogen-bond acceptors (Lipinski definition) is 7. The second kappa shape index (κ2) is 11.5. The van der Waals surface area contributed by atoms with Gasteiger partial charge in [0.2, 0.25) is 5.88 Å². The number of ether oxygens (including phenoxy) is 2. The van der Waals surface area contributed by atoms with E-state index < -0.39 is 17.6 Å². The minimum atomic E-state index is -1.18. The fraction of sp³-hybridized carbons (Fsp3) is 0.242. The lowest BCUT2D eigenvalue weighted by molar-refractivity contribution is 0.0690. The van der Waals surface area contributed by atoms with Crippen LogP contribution in [0, 0.1) is 28.4 Å². The van der Waals surface area contributed by atoms with Crippen LogP contribution in [0.2, 0.25) is 0 Å². The largest absolute Gasteiger partial charge is 0.477 e. The molecule has 9 nitrogen and oxygen atoms in total. The molecule has 1 unspecified atom stereocenters. The van der Waals surface area contributed by atoms with E-state index in [1.165, 1.54) is 6.07 Å². The van der Waals surface area contributed by atoms with Crippen LogP contribution in [0.15, 0.2) is 66.7 Å². The van der Waals surface area contributed by atoms with Gasteiger partial charge in [-0.3, -0.25) is 0 Å². The van der Waals surface area contributed by atoms with Crippen molar-refractivity contribution in [2.45, 2.75) is 32.9 Å². The van der Waals surface area contributed by atoms with Crippen molar-refractivity contribution in [1.29, 1.82) is 5.26 Å². The van der Waals surface area contributed by atoms with Crippen LogP contribution in [-0.4, -0.2) is 43.8 Å². The van der Waals surface area contributed by atoms with Gasteiger partial charge in [0.1, 0.15) is 29.6 Å². The van der Waals surface area contributed by atoms with Crippen molar-refractivity contribution >= 4 is 17.1 Å². The Balaban J connectivity index is 1.30. The van der Waals surface area contributed by atoms with Crippen LogP contribution in [0.4, 0.5) is 8.78 Å². The number of fused-ring (bicyclic) bond motifs is 1. The number of benzene rings is 2. The molecule has 0 spiro atoms. The molecule has 4 heterocycles. The molecule has 44 heavy (non-hydrogen) atoms. The first kappa shape index (κ1) is 28.9. The number of hydrogen-bond donors (Lipinski definition) is 1. The standard InChI is InChI=1S/C33H27F2N5O4/c1-33(2)18-43-17-28(33)40-29(37-26-10-11-27(32(41)42)39-31(26)40)13-21-12-24(35)22(14-23(21)34)25-4-3-5-30(38-25)44-16-20-8-6-19(15-36)7-9-20/h3-12,14,28H,13,16-18H2,1-2H3,(H,41,42). The van der Waals surface area contributed by atoms with Crippen molar-refractivity contribution in [1.82, 2.24) is 19.5 Å². The number of nitriles is 1. The lowest BCUT2D eigenvalue weighted by Gasteiger charge is -2.27. The van der Waals surface area contributed by atoms with Gasteiger partial charge in [0.15, 0.2) is 11.3 Å². The SMILES string of the molecule is CC1(C)COCC1n1c(Cc2cc(F)c(-c3cccc(OCc4ccc(C#N)cc4)n3)cc2F)nc2ccc(C(=O)O)nc21. The summed E-state index contributed by atoms with van der Waals surface area (Å²) in [6.07, 6.45) is -0.0600. The monoisotopic (exact) mass is 595 g/mol. The van der Waals surface area contributed by atoms with Gasteiger partial charge in [0.05, 0.1) is 36.6 Å². The molecule has 3 aromatic heterocycles. The second-order valence-corrected chi connectivity index (χ2v) is 11.3. The minimum Gasteiger partial charge on any atom is -0.477 e. The Morgan fingerprint density at radius 3 is 2.59 bits per heavy atom. The lowest BCUT2D eigenvalue weighted by atomic mass is 9.87.